The van der Waals surface area contributed by atoms with E-state index in [1.54, 1.807) is 23.6 Å². The molecule has 0 atom stereocenters. The van der Waals surface area contributed by atoms with Crippen LogP contribution in [0.5, 0.6) is 0 Å². The Morgan fingerprint density at radius 3 is 2.80 bits per heavy atom. The van der Waals surface area contributed by atoms with Gasteiger partial charge in [0, 0.05) is 38.1 Å². The van der Waals surface area contributed by atoms with E-state index in [0.29, 0.717) is 11.5 Å². The molecule has 0 saturated carbocycles. The first-order valence-electron chi connectivity index (χ1n) is 8.45. The van der Waals surface area contributed by atoms with Crippen LogP contribution in [0.3, 0.4) is 0 Å². The summed E-state index contributed by atoms with van der Waals surface area (Å²) in [5.74, 6) is 1.26. The van der Waals surface area contributed by atoms with Gasteiger partial charge in [0.15, 0.2) is 5.82 Å². The number of piperidine rings is 1. The Balaban J connectivity index is 1.74. The Morgan fingerprint density at radius 1 is 1.32 bits per heavy atom. The number of carbonyl (C=O) groups is 1. The molecule has 1 saturated heterocycles. The van der Waals surface area contributed by atoms with Gasteiger partial charge in [-0.25, -0.2) is 4.98 Å². The fourth-order valence-corrected chi connectivity index (χ4v) is 3.38. The zero-order valence-electron chi connectivity index (χ0n) is 14.6. The fraction of sp³-hybridized carbons (Fsp3) is 0.389. The highest BCUT2D eigenvalue weighted by molar-refractivity contribution is 7.10. The number of thiophene rings is 1. The van der Waals surface area contributed by atoms with E-state index in [1.165, 1.54) is 25.3 Å². The molecule has 0 radical (unpaired) electrons. The molecular formula is C18H23N5OS. The Hall–Kier alpha value is -2.41. The maximum absolute atomic E-state index is 12.2. The first-order valence-corrected chi connectivity index (χ1v) is 9.33. The van der Waals surface area contributed by atoms with Gasteiger partial charge in [0.1, 0.15) is 5.69 Å². The van der Waals surface area contributed by atoms with E-state index >= 15 is 0 Å². The lowest BCUT2D eigenvalue weighted by Gasteiger charge is -2.27. The summed E-state index contributed by atoms with van der Waals surface area (Å²) in [5, 5.41) is 4.86. The third-order valence-electron chi connectivity index (χ3n) is 4.02. The van der Waals surface area contributed by atoms with Crippen LogP contribution in [0.2, 0.25) is 0 Å². The lowest BCUT2D eigenvalue weighted by atomic mass is 10.1. The zero-order chi connectivity index (χ0) is 17.6. The first kappa shape index (κ1) is 17.4. The van der Waals surface area contributed by atoms with Crippen LogP contribution in [0.25, 0.3) is 6.08 Å². The lowest BCUT2D eigenvalue weighted by Crippen LogP contribution is -2.31. The Labute approximate surface area is 152 Å². The Morgan fingerprint density at radius 2 is 2.12 bits per heavy atom. The van der Waals surface area contributed by atoms with Crippen LogP contribution in [-0.4, -0.2) is 43.1 Å². The minimum absolute atomic E-state index is 0.189. The zero-order valence-corrected chi connectivity index (χ0v) is 15.4. The largest absolute Gasteiger partial charge is 0.361 e. The molecule has 0 aromatic carbocycles. The number of anilines is 3. The maximum atomic E-state index is 12.2. The van der Waals surface area contributed by atoms with E-state index in [0.717, 1.165) is 23.9 Å². The molecule has 3 heterocycles. The molecule has 3 rings (SSSR count). The summed E-state index contributed by atoms with van der Waals surface area (Å²) in [4.78, 5) is 26.5. The van der Waals surface area contributed by atoms with Crippen molar-refractivity contribution in [1.82, 2.24) is 9.97 Å². The van der Waals surface area contributed by atoms with Crippen molar-refractivity contribution in [2.24, 2.45) is 0 Å². The van der Waals surface area contributed by atoms with Gasteiger partial charge in [0.05, 0.1) is 6.20 Å². The topological polar surface area (TPSA) is 61.4 Å². The molecule has 1 amide bonds. The van der Waals surface area contributed by atoms with Crippen molar-refractivity contribution in [3.8, 4) is 0 Å². The summed E-state index contributed by atoms with van der Waals surface area (Å²) in [5.41, 5.74) is 0.617. The summed E-state index contributed by atoms with van der Waals surface area (Å²) < 4.78 is 0. The summed E-state index contributed by atoms with van der Waals surface area (Å²) in [6.07, 6.45) is 8.65. The van der Waals surface area contributed by atoms with Gasteiger partial charge < -0.3 is 15.1 Å². The predicted molar refractivity (Wildman–Crippen MR) is 104 cm³/mol. The van der Waals surface area contributed by atoms with Crippen LogP contribution in [0.1, 0.15) is 24.1 Å². The first-order chi connectivity index (χ1) is 12.1. The second kappa shape index (κ2) is 8.11. The smallest absolute Gasteiger partial charge is 0.248 e. The van der Waals surface area contributed by atoms with E-state index in [2.05, 4.69) is 20.2 Å². The van der Waals surface area contributed by atoms with Crippen molar-refractivity contribution >= 4 is 40.8 Å². The third-order valence-corrected chi connectivity index (χ3v) is 4.86. The quantitative estimate of drug-likeness (QED) is 0.833. The van der Waals surface area contributed by atoms with Gasteiger partial charge in [-0.2, -0.15) is 4.98 Å². The molecule has 2 aromatic rings. The maximum Gasteiger partial charge on any atom is 0.248 e. The fourth-order valence-electron chi connectivity index (χ4n) is 2.76. The number of hydrogen-bond acceptors (Lipinski definition) is 6. The number of nitrogens with one attached hydrogen (secondary N) is 1. The standard InChI is InChI=1S/C18H23N5OS/c1-22(2)17-15(20-16(24)9-8-14-7-6-12-25-14)13-19-18(21-17)23-10-4-3-5-11-23/h6-9,12-13H,3-5,10-11H2,1-2H3,(H,20,24)/b9-8+. The van der Waals surface area contributed by atoms with Crippen LogP contribution >= 0.6 is 11.3 Å². The van der Waals surface area contributed by atoms with E-state index in [-0.39, 0.29) is 5.91 Å². The van der Waals surface area contributed by atoms with Gasteiger partial charge in [0.2, 0.25) is 11.9 Å². The number of amides is 1. The number of rotatable bonds is 5. The predicted octanol–water partition coefficient (Wildman–Crippen LogP) is 3.25. The van der Waals surface area contributed by atoms with Gasteiger partial charge in [-0.3, -0.25) is 4.79 Å². The van der Waals surface area contributed by atoms with Crippen molar-refractivity contribution in [2.45, 2.75) is 19.3 Å². The molecule has 25 heavy (non-hydrogen) atoms. The molecule has 2 aromatic heterocycles. The molecule has 1 aliphatic heterocycles. The second-order valence-electron chi connectivity index (χ2n) is 6.19. The van der Waals surface area contributed by atoms with Crippen LogP contribution in [0.15, 0.2) is 29.8 Å². The molecule has 1 N–H and O–H groups in total. The highest BCUT2D eigenvalue weighted by atomic mass is 32.1. The van der Waals surface area contributed by atoms with Crippen LogP contribution < -0.4 is 15.1 Å². The molecule has 0 spiro atoms. The second-order valence-corrected chi connectivity index (χ2v) is 7.17. The van der Waals surface area contributed by atoms with Crippen molar-refractivity contribution in [1.29, 1.82) is 0 Å². The van der Waals surface area contributed by atoms with Crippen molar-refractivity contribution in [3.63, 3.8) is 0 Å². The summed E-state index contributed by atoms with van der Waals surface area (Å²) in [6.45, 7) is 1.98. The minimum Gasteiger partial charge on any atom is -0.361 e. The molecular weight excluding hydrogens is 334 g/mol. The number of nitrogens with zero attached hydrogens (tertiary/aromatic N) is 4. The Bertz CT molecular complexity index is 736. The summed E-state index contributed by atoms with van der Waals surface area (Å²) in [7, 11) is 3.83. The van der Waals surface area contributed by atoms with Gasteiger partial charge in [-0.1, -0.05) is 6.07 Å². The molecule has 1 fully saturated rings. The van der Waals surface area contributed by atoms with E-state index in [1.807, 2.05) is 36.5 Å². The van der Waals surface area contributed by atoms with Crippen molar-refractivity contribution in [2.75, 3.05) is 42.3 Å². The molecule has 1 aliphatic rings. The molecule has 0 aliphatic carbocycles. The number of carbonyl (C=O) groups excluding carboxylic acids is 1. The van der Waals surface area contributed by atoms with Gasteiger partial charge in [0.25, 0.3) is 0 Å². The number of hydrogen-bond donors (Lipinski definition) is 1. The normalized spacial score (nSPS) is 14.7. The van der Waals surface area contributed by atoms with Crippen LogP contribution in [-0.2, 0) is 4.79 Å². The third kappa shape index (κ3) is 4.57. The van der Waals surface area contributed by atoms with E-state index in [4.69, 9.17) is 0 Å². The summed E-state index contributed by atoms with van der Waals surface area (Å²) >= 11 is 1.59. The monoisotopic (exact) mass is 357 g/mol. The highest BCUT2D eigenvalue weighted by Gasteiger charge is 2.17. The Kier molecular flexibility index (Phi) is 5.65. The van der Waals surface area contributed by atoms with E-state index < -0.39 is 0 Å². The average Bonchev–Trinajstić information content (AvgIpc) is 3.14. The number of aromatic nitrogens is 2. The molecule has 0 unspecified atom stereocenters. The van der Waals surface area contributed by atoms with Crippen molar-refractivity contribution in [3.05, 3.63) is 34.7 Å². The molecule has 7 heteroatoms. The van der Waals surface area contributed by atoms with E-state index in [9.17, 15) is 4.79 Å². The molecule has 132 valence electrons. The highest BCUT2D eigenvalue weighted by Crippen LogP contribution is 2.25. The van der Waals surface area contributed by atoms with Gasteiger partial charge in [-0.05, 0) is 36.8 Å². The summed E-state index contributed by atoms with van der Waals surface area (Å²) in [6, 6.07) is 3.93. The average molecular weight is 357 g/mol. The van der Waals surface area contributed by atoms with Crippen LogP contribution in [0, 0.1) is 0 Å². The van der Waals surface area contributed by atoms with Crippen LogP contribution in [0.4, 0.5) is 17.5 Å². The minimum atomic E-state index is -0.189. The lowest BCUT2D eigenvalue weighted by molar-refractivity contribution is -0.111. The SMILES string of the molecule is CN(C)c1nc(N2CCCCC2)ncc1NC(=O)/C=C/c1cccs1. The van der Waals surface area contributed by atoms with Gasteiger partial charge >= 0.3 is 0 Å². The molecule has 6 nitrogen and oxygen atoms in total. The molecule has 0 bridgehead atoms. The van der Waals surface area contributed by atoms with Crippen molar-refractivity contribution < 1.29 is 4.79 Å². The van der Waals surface area contributed by atoms with Gasteiger partial charge in [-0.15, -0.1) is 11.3 Å².